The Hall–Kier alpha value is -3.99. The number of aliphatic hydroxyl groups is 2. The highest BCUT2D eigenvalue weighted by molar-refractivity contribution is 5.74. The van der Waals surface area contributed by atoms with Crippen molar-refractivity contribution in [3.8, 4) is 11.5 Å². The van der Waals surface area contributed by atoms with Gasteiger partial charge in [0, 0.05) is 52.1 Å². The van der Waals surface area contributed by atoms with Crippen molar-refractivity contribution in [1.82, 2.24) is 15.1 Å². The van der Waals surface area contributed by atoms with Crippen molar-refractivity contribution in [3.63, 3.8) is 0 Å². The number of nitrogens with zero attached hydrogens (tertiary/aromatic N) is 2. The summed E-state index contributed by atoms with van der Waals surface area (Å²) in [5.41, 5.74) is 1.80. The lowest BCUT2D eigenvalue weighted by Gasteiger charge is -2.29. The van der Waals surface area contributed by atoms with Gasteiger partial charge in [-0.25, -0.2) is 4.79 Å². The molecule has 4 rings (SSSR count). The van der Waals surface area contributed by atoms with E-state index in [2.05, 4.69) is 5.32 Å². The highest BCUT2D eigenvalue weighted by Crippen LogP contribution is 2.22. The molecule has 0 aliphatic carbocycles. The number of morpholine rings is 1. The average Bonchev–Trinajstić information content (AvgIpc) is 3.49. The van der Waals surface area contributed by atoms with Gasteiger partial charge in [-0.15, -0.1) is 0 Å². The molecule has 2 aromatic rings. The third-order valence-corrected chi connectivity index (χ3v) is 8.41. The number of amides is 2. The van der Waals surface area contributed by atoms with Crippen LogP contribution >= 0.6 is 0 Å². The minimum atomic E-state index is -0.907. The SMILES string of the molecule is CC1(C)OC[C@@H](COC(=O)CCc2ccc(OC[C@@H](O)CN(CCNC(=O)N3CCOCC3)C[C@H](O)COc3ccc(CCC(=O)O)cc3)cc2)O1. The normalized spacial score (nSPS) is 18.1. The molecule has 0 spiro atoms. The molecule has 2 aromatic carbocycles. The summed E-state index contributed by atoms with van der Waals surface area (Å²) in [6, 6.07) is 14.1. The summed E-state index contributed by atoms with van der Waals surface area (Å²) in [5, 5.41) is 33.5. The van der Waals surface area contributed by atoms with Crippen LogP contribution in [0.3, 0.4) is 0 Å². The lowest BCUT2D eigenvalue weighted by atomic mass is 10.1. The second-order valence-electron chi connectivity index (χ2n) is 13.3. The fraction of sp³-hybridized carbons (Fsp3) is 0.595. The zero-order chi connectivity index (χ0) is 37.3. The Labute approximate surface area is 304 Å². The highest BCUT2D eigenvalue weighted by Gasteiger charge is 2.33. The van der Waals surface area contributed by atoms with E-state index in [9.17, 15) is 24.6 Å². The van der Waals surface area contributed by atoms with Gasteiger partial charge in [-0.3, -0.25) is 14.5 Å². The number of carboxylic acid groups (broad SMARTS) is 1. The summed E-state index contributed by atoms with van der Waals surface area (Å²) in [6.07, 6.45) is -0.915. The van der Waals surface area contributed by atoms with Crippen LogP contribution in [0.4, 0.5) is 4.79 Å². The largest absolute Gasteiger partial charge is 0.491 e. The van der Waals surface area contributed by atoms with E-state index in [1.54, 1.807) is 41.3 Å². The lowest BCUT2D eigenvalue weighted by Crippen LogP contribution is -2.49. The number of aryl methyl sites for hydroxylation is 2. The molecule has 2 amide bonds. The van der Waals surface area contributed by atoms with Gasteiger partial charge in [-0.1, -0.05) is 24.3 Å². The predicted octanol–water partition coefficient (Wildman–Crippen LogP) is 1.85. The number of ether oxygens (including phenoxy) is 6. The molecule has 2 heterocycles. The molecule has 0 aromatic heterocycles. The number of esters is 1. The van der Waals surface area contributed by atoms with Gasteiger partial charge in [0.25, 0.3) is 0 Å². The van der Waals surface area contributed by atoms with Crippen LogP contribution in [0, 0.1) is 0 Å². The predicted molar refractivity (Wildman–Crippen MR) is 188 cm³/mol. The first-order chi connectivity index (χ1) is 24.9. The fourth-order valence-electron chi connectivity index (χ4n) is 5.65. The van der Waals surface area contributed by atoms with Crippen LogP contribution in [0.25, 0.3) is 0 Å². The average molecular weight is 732 g/mol. The van der Waals surface area contributed by atoms with E-state index in [4.69, 9.17) is 33.5 Å². The lowest BCUT2D eigenvalue weighted by molar-refractivity contribution is -0.158. The maximum absolute atomic E-state index is 12.6. The van der Waals surface area contributed by atoms with Gasteiger partial charge in [0.2, 0.25) is 0 Å². The molecular weight excluding hydrogens is 678 g/mol. The maximum atomic E-state index is 12.6. The van der Waals surface area contributed by atoms with E-state index in [0.29, 0.717) is 70.3 Å². The van der Waals surface area contributed by atoms with E-state index in [0.717, 1.165) is 11.1 Å². The standard InChI is InChI=1S/C37H53N3O12/c1-37(2)51-26-33(52-37)25-50-35(45)14-8-28-5-11-32(12-6-28)49-24-30(42)22-39(16-15-38-36(46)40-17-19-47-20-18-40)21-29(41)23-48-31-9-3-27(4-10-31)7-13-34(43)44/h3-6,9-12,29-30,33,41-42H,7-8,13-26H2,1-2H3,(H,38,46)(H,43,44)/t29-,30-,33+/m0/s1. The molecule has 4 N–H and O–H groups in total. The molecule has 2 aliphatic heterocycles. The van der Waals surface area contributed by atoms with Crippen LogP contribution in [0.2, 0.25) is 0 Å². The molecule has 3 atom stereocenters. The van der Waals surface area contributed by atoms with Crippen molar-refractivity contribution in [2.75, 3.05) is 78.9 Å². The number of aliphatic hydroxyl groups excluding tert-OH is 2. The molecule has 288 valence electrons. The molecule has 0 radical (unpaired) electrons. The number of carbonyl (C=O) groups is 3. The molecular formula is C37H53N3O12. The monoisotopic (exact) mass is 731 g/mol. The number of aliphatic carboxylic acids is 1. The molecule has 2 aliphatic rings. The van der Waals surface area contributed by atoms with Crippen LogP contribution in [0.1, 0.15) is 37.8 Å². The third kappa shape index (κ3) is 15.3. The van der Waals surface area contributed by atoms with Crippen LogP contribution in [0.15, 0.2) is 48.5 Å². The molecule has 15 nitrogen and oxygen atoms in total. The summed E-state index contributed by atoms with van der Waals surface area (Å²) in [6.45, 7) is 7.15. The number of carboxylic acids is 1. The second-order valence-corrected chi connectivity index (χ2v) is 13.3. The number of rotatable bonds is 21. The van der Waals surface area contributed by atoms with Crippen molar-refractivity contribution in [1.29, 1.82) is 0 Å². The summed E-state index contributed by atoms with van der Waals surface area (Å²) in [5.74, 6) is -0.754. The number of benzene rings is 2. The summed E-state index contributed by atoms with van der Waals surface area (Å²) in [4.78, 5) is 39.1. The van der Waals surface area contributed by atoms with Crippen LogP contribution in [-0.4, -0.2) is 146 Å². The van der Waals surface area contributed by atoms with Crippen molar-refractivity contribution in [2.24, 2.45) is 0 Å². The topological polar surface area (TPSA) is 186 Å². The second kappa shape index (κ2) is 20.9. The Morgan fingerprint density at radius 3 is 1.98 bits per heavy atom. The van der Waals surface area contributed by atoms with Crippen molar-refractivity contribution in [2.45, 2.75) is 63.6 Å². The molecule has 2 saturated heterocycles. The van der Waals surface area contributed by atoms with E-state index in [1.165, 1.54) is 0 Å². The number of nitrogens with one attached hydrogen (secondary N) is 1. The van der Waals surface area contributed by atoms with Crippen molar-refractivity contribution < 1.29 is 58.1 Å². The van der Waals surface area contributed by atoms with Gasteiger partial charge in [0.15, 0.2) is 5.79 Å². The maximum Gasteiger partial charge on any atom is 0.317 e. The number of carbonyl (C=O) groups excluding carboxylic acids is 2. The molecule has 0 bridgehead atoms. The minimum Gasteiger partial charge on any atom is -0.491 e. The molecule has 2 fully saturated rings. The summed E-state index contributed by atoms with van der Waals surface area (Å²) in [7, 11) is 0. The number of hydrogen-bond donors (Lipinski definition) is 4. The Balaban J connectivity index is 1.20. The number of hydrogen-bond acceptors (Lipinski definition) is 12. The molecule has 52 heavy (non-hydrogen) atoms. The highest BCUT2D eigenvalue weighted by atomic mass is 16.7. The zero-order valence-corrected chi connectivity index (χ0v) is 30.1. The Bertz CT molecular complexity index is 1390. The summed E-state index contributed by atoms with van der Waals surface area (Å²) < 4.78 is 33.4. The van der Waals surface area contributed by atoms with Gasteiger partial charge >= 0.3 is 18.0 Å². The first-order valence-electron chi connectivity index (χ1n) is 17.8. The van der Waals surface area contributed by atoms with Crippen LogP contribution < -0.4 is 14.8 Å². The Morgan fingerprint density at radius 1 is 0.904 bits per heavy atom. The fourth-order valence-corrected chi connectivity index (χ4v) is 5.65. The van der Waals surface area contributed by atoms with Gasteiger partial charge in [0.1, 0.15) is 49.6 Å². The van der Waals surface area contributed by atoms with Gasteiger partial charge in [-0.2, -0.15) is 0 Å². The quantitative estimate of drug-likeness (QED) is 0.137. The Morgan fingerprint density at radius 2 is 1.46 bits per heavy atom. The zero-order valence-electron chi connectivity index (χ0n) is 30.1. The molecule has 0 saturated carbocycles. The Kier molecular flexibility index (Phi) is 16.4. The first-order valence-corrected chi connectivity index (χ1v) is 17.8. The van der Waals surface area contributed by atoms with Gasteiger partial charge in [-0.05, 0) is 62.1 Å². The molecule has 0 unspecified atom stereocenters. The van der Waals surface area contributed by atoms with Crippen LogP contribution in [0.5, 0.6) is 11.5 Å². The first kappa shape index (κ1) is 40.8. The minimum absolute atomic E-state index is 0.00705. The van der Waals surface area contributed by atoms with Crippen molar-refractivity contribution >= 4 is 18.0 Å². The van der Waals surface area contributed by atoms with Crippen molar-refractivity contribution in [3.05, 3.63) is 59.7 Å². The smallest absolute Gasteiger partial charge is 0.317 e. The molecule has 15 heteroatoms. The third-order valence-electron chi connectivity index (χ3n) is 8.41. The number of urea groups is 1. The van der Waals surface area contributed by atoms with E-state index in [1.807, 2.05) is 30.9 Å². The van der Waals surface area contributed by atoms with E-state index in [-0.39, 0.29) is 63.9 Å². The van der Waals surface area contributed by atoms with E-state index >= 15 is 0 Å². The van der Waals surface area contributed by atoms with Gasteiger partial charge in [0.05, 0.1) is 19.8 Å². The van der Waals surface area contributed by atoms with Crippen LogP contribution in [-0.2, 0) is 41.4 Å². The van der Waals surface area contributed by atoms with E-state index < -0.39 is 24.0 Å². The summed E-state index contributed by atoms with van der Waals surface area (Å²) >= 11 is 0. The van der Waals surface area contributed by atoms with Gasteiger partial charge < -0.3 is 54.0 Å².